The predicted octanol–water partition coefficient (Wildman–Crippen LogP) is 3.06. The summed E-state index contributed by atoms with van der Waals surface area (Å²) >= 11 is 3.40. The molecule has 0 unspecified atom stereocenters. The van der Waals surface area contributed by atoms with Crippen LogP contribution in [0, 0.1) is 19.7 Å². The Kier molecular flexibility index (Phi) is 5.54. The molecule has 0 spiro atoms. The lowest BCUT2D eigenvalue weighted by atomic mass is 10.2. The smallest absolute Gasteiger partial charge is 0.191 e. The van der Waals surface area contributed by atoms with E-state index in [9.17, 15) is 4.39 Å². The summed E-state index contributed by atoms with van der Waals surface area (Å²) in [5.74, 6) is 1.14. The van der Waals surface area contributed by atoms with Crippen molar-refractivity contribution in [2.24, 2.45) is 4.99 Å². The van der Waals surface area contributed by atoms with Crippen molar-refractivity contribution in [2.75, 3.05) is 7.05 Å². The van der Waals surface area contributed by atoms with E-state index in [1.165, 1.54) is 12.1 Å². The largest absolute Gasteiger partial charge is 0.361 e. The van der Waals surface area contributed by atoms with Crippen molar-refractivity contribution in [1.29, 1.82) is 0 Å². The van der Waals surface area contributed by atoms with Gasteiger partial charge in [-0.1, -0.05) is 21.1 Å². The molecule has 2 rings (SSSR count). The quantitative estimate of drug-likeness (QED) is 0.642. The molecular formula is C15H18BrFN4O. The third-order valence-electron chi connectivity index (χ3n) is 3.29. The third kappa shape index (κ3) is 4.07. The van der Waals surface area contributed by atoms with E-state index in [-0.39, 0.29) is 5.82 Å². The lowest BCUT2D eigenvalue weighted by Gasteiger charge is -2.12. The van der Waals surface area contributed by atoms with Crippen LogP contribution in [0.2, 0.25) is 0 Å². The lowest BCUT2D eigenvalue weighted by Crippen LogP contribution is -2.36. The van der Waals surface area contributed by atoms with Crippen LogP contribution in [0.4, 0.5) is 4.39 Å². The van der Waals surface area contributed by atoms with Gasteiger partial charge < -0.3 is 15.2 Å². The van der Waals surface area contributed by atoms with Gasteiger partial charge in [0.25, 0.3) is 0 Å². The van der Waals surface area contributed by atoms with Crippen LogP contribution in [0.25, 0.3) is 0 Å². The maximum Gasteiger partial charge on any atom is 0.191 e. The van der Waals surface area contributed by atoms with Gasteiger partial charge in [0, 0.05) is 30.2 Å². The first-order valence-corrected chi connectivity index (χ1v) is 7.60. The number of benzene rings is 1. The minimum atomic E-state index is -0.265. The van der Waals surface area contributed by atoms with Gasteiger partial charge >= 0.3 is 0 Å². The second kappa shape index (κ2) is 7.40. The summed E-state index contributed by atoms with van der Waals surface area (Å²) in [6, 6.07) is 4.59. The fraction of sp³-hybridized carbons (Fsp3) is 0.333. The van der Waals surface area contributed by atoms with E-state index in [2.05, 4.69) is 36.7 Å². The van der Waals surface area contributed by atoms with Crippen LogP contribution in [-0.2, 0) is 13.1 Å². The van der Waals surface area contributed by atoms with Crippen LogP contribution in [-0.4, -0.2) is 18.2 Å². The van der Waals surface area contributed by atoms with E-state index >= 15 is 0 Å². The highest BCUT2D eigenvalue weighted by Crippen LogP contribution is 2.17. The zero-order chi connectivity index (χ0) is 16.1. The molecule has 0 radical (unpaired) electrons. The lowest BCUT2D eigenvalue weighted by molar-refractivity contribution is 0.392. The maximum absolute atomic E-state index is 13.3. The number of hydrogen-bond donors (Lipinski definition) is 2. The molecule has 1 heterocycles. The van der Waals surface area contributed by atoms with Crippen molar-refractivity contribution in [1.82, 2.24) is 15.8 Å². The van der Waals surface area contributed by atoms with Gasteiger partial charge in [0.15, 0.2) is 5.96 Å². The standard InChI is InChI=1S/C15H18BrFN4O/c1-9-13(10(2)22-21-9)8-20-15(18-3)19-7-11-6-12(17)4-5-14(11)16/h4-6H,7-8H2,1-3H3,(H2,18,19,20). The average molecular weight is 369 g/mol. The Balaban J connectivity index is 1.94. The maximum atomic E-state index is 13.3. The van der Waals surface area contributed by atoms with Crippen LogP contribution in [0.3, 0.4) is 0 Å². The van der Waals surface area contributed by atoms with E-state index in [1.54, 1.807) is 13.1 Å². The van der Waals surface area contributed by atoms with Crippen LogP contribution in [0.15, 0.2) is 32.2 Å². The number of rotatable bonds is 4. The zero-order valence-corrected chi connectivity index (χ0v) is 14.3. The minimum Gasteiger partial charge on any atom is -0.361 e. The number of aromatic nitrogens is 1. The summed E-state index contributed by atoms with van der Waals surface area (Å²) in [5.41, 5.74) is 2.68. The summed E-state index contributed by atoms with van der Waals surface area (Å²) in [6.07, 6.45) is 0. The molecule has 118 valence electrons. The molecule has 0 saturated heterocycles. The minimum absolute atomic E-state index is 0.265. The SMILES string of the molecule is CN=C(NCc1cc(F)ccc1Br)NCc1c(C)noc1C. The summed E-state index contributed by atoms with van der Waals surface area (Å²) in [6.45, 7) is 4.79. The Morgan fingerprint density at radius 1 is 1.32 bits per heavy atom. The molecule has 0 amide bonds. The zero-order valence-electron chi connectivity index (χ0n) is 12.7. The van der Waals surface area contributed by atoms with Gasteiger partial charge in [-0.25, -0.2) is 4.39 Å². The Bertz CT molecular complexity index is 665. The molecule has 22 heavy (non-hydrogen) atoms. The number of aryl methyl sites for hydroxylation is 2. The van der Waals surface area contributed by atoms with E-state index < -0.39 is 0 Å². The summed E-state index contributed by atoms with van der Waals surface area (Å²) in [7, 11) is 1.68. The fourth-order valence-corrected chi connectivity index (χ4v) is 2.39. The second-order valence-corrected chi connectivity index (χ2v) is 5.67. The molecule has 2 N–H and O–H groups in total. The van der Waals surface area contributed by atoms with E-state index in [0.717, 1.165) is 27.1 Å². The Hall–Kier alpha value is -1.89. The van der Waals surface area contributed by atoms with Crippen molar-refractivity contribution < 1.29 is 8.91 Å². The molecule has 1 aromatic carbocycles. The van der Waals surface area contributed by atoms with Crippen molar-refractivity contribution in [3.8, 4) is 0 Å². The van der Waals surface area contributed by atoms with Crippen molar-refractivity contribution >= 4 is 21.9 Å². The molecule has 0 atom stereocenters. The normalized spacial score (nSPS) is 11.6. The van der Waals surface area contributed by atoms with Gasteiger partial charge in [0.05, 0.1) is 5.69 Å². The van der Waals surface area contributed by atoms with E-state index in [1.807, 2.05) is 13.8 Å². The molecule has 5 nitrogen and oxygen atoms in total. The number of hydrogen-bond acceptors (Lipinski definition) is 3. The highest BCUT2D eigenvalue weighted by Gasteiger charge is 2.09. The average Bonchev–Trinajstić information content (AvgIpc) is 2.82. The van der Waals surface area contributed by atoms with Crippen LogP contribution >= 0.6 is 15.9 Å². The predicted molar refractivity (Wildman–Crippen MR) is 87.1 cm³/mol. The van der Waals surface area contributed by atoms with E-state index in [0.29, 0.717) is 19.0 Å². The van der Waals surface area contributed by atoms with Gasteiger partial charge in [-0.15, -0.1) is 0 Å². The molecule has 0 saturated carbocycles. The molecule has 1 aromatic heterocycles. The molecule has 0 aliphatic heterocycles. The third-order valence-corrected chi connectivity index (χ3v) is 4.07. The Morgan fingerprint density at radius 3 is 2.68 bits per heavy atom. The van der Waals surface area contributed by atoms with Crippen molar-refractivity contribution in [3.05, 3.63) is 51.1 Å². The Labute approximate surface area is 137 Å². The van der Waals surface area contributed by atoms with Crippen molar-refractivity contribution in [3.63, 3.8) is 0 Å². The van der Waals surface area contributed by atoms with Gasteiger partial charge in [-0.05, 0) is 37.6 Å². The van der Waals surface area contributed by atoms with Gasteiger partial charge in [-0.2, -0.15) is 0 Å². The highest BCUT2D eigenvalue weighted by atomic mass is 79.9. The van der Waals surface area contributed by atoms with Crippen LogP contribution < -0.4 is 10.6 Å². The second-order valence-electron chi connectivity index (χ2n) is 4.82. The number of aliphatic imine (C=N–C) groups is 1. The van der Waals surface area contributed by atoms with Crippen LogP contribution in [0.5, 0.6) is 0 Å². The molecular weight excluding hydrogens is 351 g/mol. The molecule has 0 aliphatic carbocycles. The highest BCUT2D eigenvalue weighted by molar-refractivity contribution is 9.10. The fourth-order valence-electron chi connectivity index (χ4n) is 2.00. The monoisotopic (exact) mass is 368 g/mol. The van der Waals surface area contributed by atoms with Gasteiger partial charge in [0.2, 0.25) is 0 Å². The molecule has 0 fully saturated rings. The number of halogens is 2. The number of nitrogens with zero attached hydrogens (tertiary/aromatic N) is 2. The molecule has 0 aliphatic rings. The first-order chi connectivity index (χ1) is 10.5. The van der Waals surface area contributed by atoms with E-state index in [4.69, 9.17) is 4.52 Å². The number of guanidine groups is 1. The van der Waals surface area contributed by atoms with Crippen molar-refractivity contribution in [2.45, 2.75) is 26.9 Å². The van der Waals surface area contributed by atoms with Crippen LogP contribution in [0.1, 0.15) is 22.6 Å². The Morgan fingerprint density at radius 2 is 2.05 bits per heavy atom. The van der Waals surface area contributed by atoms with Gasteiger partial charge in [0.1, 0.15) is 11.6 Å². The first-order valence-electron chi connectivity index (χ1n) is 6.81. The molecule has 2 aromatic rings. The number of nitrogens with one attached hydrogen (secondary N) is 2. The first kappa shape index (κ1) is 16.5. The molecule has 7 heteroatoms. The summed E-state index contributed by atoms with van der Waals surface area (Å²) < 4.78 is 19.2. The summed E-state index contributed by atoms with van der Waals surface area (Å²) in [4.78, 5) is 4.15. The summed E-state index contributed by atoms with van der Waals surface area (Å²) in [5, 5.41) is 10.2. The topological polar surface area (TPSA) is 62.5 Å². The van der Waals surface area contributed by atoms with Gasteiger partial charge in [-0.3, -0.25) is 4.99 Å². The molecule has 0 bridgehead atoms.